The third-order valence-corrected chi connectivity index (χ3v) is 3.33. The third-order valence-electron chi connectivity index (χ3n) is 3.33. The summed E-state index contributed by atoms with van der Waals surface area (Å²) in [4.78, 5) is 12.3. The Kier molecular flexibility index (Phi) is 3.20. The second kappa shape index (κ2) is 5.17. The minimum absolute atomic E-state index is 0.164. The number of fused-ring (bicyclic) bond motifs is 1. The molecule has 1 atom stereocenters. The van der Waals surface area contributed by atoms with E-state index in [9.17, 15) is 10.1 Å². The SMILES string of the molecule is Cn1ncc2c(=O)n(CC(C#N)c3ccccc3)nnc21. The molecule has 0 bridgehead atoms. The van der Waals surface area contributed by atoms with E-state index in [1.807, 2.05) is 30.3 Å². The van der Waals surface area contributed by atoms with Crippen LogP contribution in [-0.2, 0) is 13.6 Å². The Balaban J connectivity index is 2.00. The molecule has 2 aromatic heterocycles. The fourth-order valence-electron chi connectivity index (χ4n) is 2.18. The molecule has 1 unspecified atom stereocenters. The van der Waals surface area contributed by atoms with E-state index in [-0.39, 0.29) is 12.1 Å². The largest absolute Gasteiger partial charge is 0.280 e. The Morgan fingerprint density at radius 2 is 2.10 bits per heavy atom. The van der Waals surface area contributed by atoms with Gasteiger partial charge in [-0.3, -0.25) is 4.79 Å². The number of nitriles is 1. The maximum atomic E-state index is 12.3. The maximum Gasteiger partial charge on any atom is 0.280 e. The first-order valence-corrected chi connectivity index (χ1v) is 6.41. The molecule has 104 valence electrons. The summed E-state index contributed by atoms with van der Waals surface area (Å²) in [6, 6.07) is 11.5. The van der Waals surface area contributed by atoms with Crippen LogP contribution in [0.1, 0.15) is 11.5 Å². The van der Waals surface area contributed by atoms with Crippen molar-refractivity contribution in [3.63, 3.8) is 0 Å². The van der Waals surface area contributed by atoms with Crippen LogP contribution in [0.25, 0.3) is 11.0 Å². The Labute approximate surface area is 120 Å². The van der Waals surface area contributed by atoms with Crippen LogP contribution in [0.15, 0.2) is 41.3 Å². The topological polar surface area (TPSA) is 89.4 Å². The summed E-state index contributed by atoms with van der Waals surface area (Å²) in [6.45, 7) is 0.164. The zero-order valence-electron chi connectivity index (χ0n) is 11.3. The number of hydrogen-bond acceptors (Lipinski definition) is 5. The lowest BCUT2D eigenvalue weighted by atomic mass is 10.0. The van der Waals surface area contributed by atoms with E-state index in [1.54, 1.807) is 7.05 Å². The fourth-order valence-corrected chi connectivity index (χ4v) is 2.18. The normalized spacial score (nSPS) is 12.2. The van der Waals surface area contributed by atoms with Gasteiger partial charge >= 0.3 is 0 Å². The van der Waals surface area contributed by atoms with Gasteiger partial charge in [-0.1, -0.05) is 35.5 Å². The average Bonchev–Trinajstić information content (AvgIpc) is 2.90. The van der Waals surface area contributed by atoms with Crippen LogP contribution in [0.5, 0.6) is 0 Å². The lowest BCUT2D eigenvalue weighted by Crippen LogP contribution is -2.26. The van der Waals surface area contributed by atoms with Gasteiger partial charge in [0.2, 0.25) is 0 Å². The highest BCUT2D eigenvalue weighted by atomic mass is 16.1. The smallest absolute Gasteiger partial charge is 0.267 e. The molecule has 0 amide bonds. The van der Waals surface area contributed by atoms with E-state index in [0.717, 1.165) is 5.56 Å². The van der Waals surface area contributed by atoms with Gasteiger partial charge in [-0.25, -0.2) is 9.36 Å². The van der Waals surface area contributed by atoms with Crippen molar-refractivity contribution in [2.75, 3.05) is 0 Å². The van der Waals surface area contributed by atoms with Crippen LogP contribution >= 0.6 is 0 Å². The standard InChI is InChI=1S/C14H12N6O/c1-19-13-12(8-16-19)14(21)20(18-17-13)9-11(7-15)10-5-3-2-4-6-10/h2-6,8,11H,9H2,1H3. The molecule has 0 N–H and O–H groups in total. The van der Waals surface area contributed by atoms with Crippen molar-refractivity contribution in [1.82, 2.24) is 24.8 Å². The zero-order chi connectivity index (χ0) is 14.8. The lowest BCUT2D eigenvalue weighted by Gasteiger charge is -2.09. The Bertz CT molecular complexity index is 874. The first-order chi connectivity index (χ1) is 10.2. The lowest BCUT2D eigenvalue weighted by molar-refractivity contribution is 0.522. The molecule has 0 aliphatic carbocycles. The summed E-state index contributed by atoms with van der Waals surface area (Å²) in [6.07, 6.45) is 1.47. The molecule has 0 saturated heterocycles. The van der Waals surface area contributed by atoms with Crippen molar-refractivity contribution in [2.24, 2.45) is 7.05 Å². The van der Waals surface area contributed by atoms with E-state index in [0.29, 0.717) is 11.0 Å². The molecule has 0 spiro atoms. The maximum absolute atomic E-state index is 12.3. The van der Waals surface area contributed by atoms with Crippen LogP contribution in [0.2, 0.25) is 0 Å². The van der Waals surface area contributed by atoms with Gasteiger partial charge in [0, 0.05) is 7.05 Å². The molecule has 0 radical (unpaired) electrons. The second-order valence-electron chi connectivity index (χ2n) is 4.67. The molecule has 1 aromatic carbocycles. The third kappa shape index (κ3) is 2.27. The van der Waals surface area contributed by atoms with Crippen molar-refractivity contribution in [3.8, 4) is 6.07 Å². The highest BCUT2D eigenvalue weighted by Crippen LogP contribution is 2.15. The average molecular weight is 280 g/mol. The van der Waals surface area contributed by atoms with Gasteiger partial charge in [-0.05, 0) is 5.56 Å². The van der Waals surface area contributed by atoms with Crippen LogP contribution in [0.3, 0.4) is 0 Å². The molecule has 7 heteroatoms. The fraction of sp³-hybridized carbons (Fsp3) is 0.214. The summed E-state index contributed by atoms with van der Waals surface area (Å²) in [5.41, 5.74) is 0.994. The molecule has 0 aliphatic rings. The summed E-state index contributed by atoms with van der Waals surface area (Å²) < 4.78 is 2.71. The van der Waals surface area contributed by atoms with Gasteiger partial charge in [-0.2, -0.15) is 10.4 Å². The van der Waals surface area contributed by atoms with Gasteiger partial charge in [-0.15, -0.1) is 5.10 Å². The van der Waals surface area contributed by atoms with Gasteiger partial charge in [0.25, 0.3) is 5.56 Å². The predicted molar refractivity (Wildman–Crippen MR) is 75.4 cm³/mol. The van der Waals surface area contributed by atoms with Crippen molar-refractivity contribution in [2.45, 2.75) is 12.5 Å². The summed E-state index contributed by atoms with van der Waals surface area (Å²) in [5.74, 6) is -0.452. The minimum Gasteiger partial charge on any atom is -0.267 e. The van der Waals surface area contributed by atoms with E-state index < -0.39 is 5.92 Å². The van der Waals surface area contributed by atoms with Gasteiger partial charge < -0.3 is 0 Å². The first-order valence-electron chi connectivity index (χ1n) is 6.41. The highest BCUT2D eigenvalue weighted by Gasteiger charge is 2.15. The Morgan fingerprint density at radius 1 is 1.33 bits per heavy atom. The molecule has 3 rings (SSSR count). The zero-order valence-corrected chi connectivity index (χ0v) is 11.3. The molecule has 0 fully saturated rings. The molecule has 0 aliphatic heterocycles. The van der Waals surface area contributed by atoms with E-state index in [4.69, 9.17) is 0 Å². The molecule has 7 nitrogen and oxygen atoms in total. The van der Waals surface area contributed by atoms with Crippen molar-refractivity contribution >= 4 is 11.0 Å². The van der Waals surface area contributed by atoms with Crippen LogP contribution < -0.4 is 5.56 Å². The number of hydrogen-bond donors (Lipinski definition) is 0. The van der Waals surface area contributed by atoms with E-state index in [2.05, 4.69) is 21.5 Å². The Morgan fingerprint density at radius 3 is 2.81 bits per heavy atom. The summed E-state index contributed by atoms with van der Waals surface area (Å²) in [5, 5.41) is 21.6. The van der Waals surface area contributed by atoms with Crippen molar-refractivity contribution < 1.29 is 0 Å². The number of nitrogens with zero attached hydrogens (tertiary/aromatic N) is 6. The van der Waals surface area contributed by atoms with Gasteiger partial charge in [0.1, 0.15) is 5.39 Å². The van der Waals surface area contributed by atoms with Gasteiger partial charge in [0.05, 0.1) is 24.7 Å². The molecule has 2 heterocycles. The van der Waals surface area contributed by atoms with Crippen LogP contribution in [0, 0.1) is 11.3 Å². The van der Waals surface area contributed by atoms with E-state index >= 15 is 0 Å². The number of aromatic nitrogens is 5. The summed E-state index contributed by atoms with van der Waals surface area (Å²) >= 11 is 0. The Hall–Kier alpha value is -3.01. The van der Waals surface area contributed by atoms with Gasteiger partial charge in [0.15, 0.2) is 5.65 Å². The molecule has 21 heavy (non-hydrogen) atoms. The molecular formula is C14H12N6O. The quantitative estimate of drug-likeness (QED) is 0.709. The first kappa shape index (κ1) is 13.0. The monoisotopic (exact) mass is 280 g/mol. The summed E-state index contributed by atoms with van der Waals surface area (Å²) in [7, 11) is 1.70. The highest BCUT2D eigenvalue weighted by molar-refractivity contribution is 5.72. The van der Waals surface area contributed by atoms with Crippen molar-refractivity contribution in [3.05, 3.63) is 52.4 Å². The molecule has 3 aromatic rings. The van der Waals surface area contributed by atoms with Crippen LogP contribution in [-0.4, -0.2) is 24.8 Å². The molecule has 0 saturated carbocycles. The minimum atomic E-state index is -0.452. The second-order valence-corrected chi connectivity index (χ2v) is 4.67. The molecular weight excluding hydrogens is 268 g/mol. The van der Waals surface area contributed by atoms with E-state index in [1.165, 1.54) is 15.6 Å². The number of rotatable bonds is 3. The van der Waals surface area contributed by atoms with Crippen LogP contribution in [0.4, 0.5) is 0 Å². The number of aryl methyl sites for hydroxylation is 1. The predicted octanol–water partition coefficient (Wildman–Crippen LogP) is 0.832. The van der Waals surface area contributed by atoms with Crippen molar-refractivity contribution in [1.29, 1.82) is 5.26 Å². The number of benzene rings is 1.